The Morgan fingerprint density at radius 3 is 2.66 bits per heavy atom. The number of pyridine rings is 1. The lowest BCUT2D eigenvalue weighted by Gasteiger charge is -2.21. The second-order valence-corrected chi connectivity index (χ2v) is 9.72. The Kier molecular flexibility index (Phi) is 5.49. The quantitative estimate of drug-likeness (QED) is 0.380. The molecule has 3 heterocycles. The summed E-state index contributed by atoms with van der Waals surface area (Å²) in [5.74, 6) is 2.33. The first kappa shape index (κ1) is 21.5. The van der Waals surface area contributed by atoms with E-state index in [0.29, 0.717) is 5.92 Å². The van der Waals surface area contributed by atoms with Crippen molar-refractivity contribution >= 4 is 11.8 Å². The van der Waals surface area contributed by atoms with E-state index >= 15 is 0 Å². The molecule has 1 saturated heterocycles. The van der Waals surface area contributed by atoms with Crippen LogP contribution in [0.1, 0.15) is 24.1 Å². The third-order valence-corrected chi connectivity index (χ3v) is 7.67. The molecule has 32 heavy (non-hydrogen) atoms. The molecular formula is C23H24F3N5S. The monoisotopic (exact) mass is 459 g/mol. The molecule has 1 aromatic carbocycles. The van der Waals surface area contributed by atoms with Crippen LogP contribution in [0.15, 0.2) is 53.8 Å². The predicted molar refractivity (Wildman–Crippen MR) is 117 cm³/mol. The fourth-order valence-electron chi connectivity index (χ4n) is 4.79. The molecule has 5 rings (SSSR count). The van der Waals surface area contributed by atoms with Gasteiger partial charge in [0.1, 0.15) is 5.69 Å². The third kappa shape index (κ3) is 4.03. The number of nitrogens with zero attached hydrogens (tertiary/aromatic N) is 5. The van der Waals surface area contributed by atoms with E-state index in [-0.39, 0.29) is 5.41 Å². The first-order chi connectivity index (χ1) is 15.4. The van der Waals surface area contributed by atoms with Crippen LogP contribution >= 0.6 is 11.8 Å². The van der Waals surface area contributed by atoms with Crippen LogP contribution in [-0.2, 0) is 18.6 Å². The van der Waals surface area contributed by atoms with Gasteiger partial charge < -0.3 is 9.47 Å². The summed E-state index contributed by atoms with van der Waals surface area (Å²) in [7, 11) is 1.99. The summed E-state index contributed by atoms with van der Waals surface area (Å²) in [4.78, 5) is 6.10. The van der Waals surface area contributed by atoms with Crippen LogP contribution < -0.4 is 0 Å². The highest BCUT2D eigenvalue weighted by molar-refractivity contribution is 7.99. The molecule has 168 valence electrons. The lowest BCUT2D eigenvalue weighted by atomic mass is 9.96. The van der Waals surface area contributed by atoms with Crippen LogP contribution in [0.25, 0.3) is 11.4 Å². The molecule has 5 nitrogen and oxygen atoms in total. The van der Waals surface area contributed by atoms with E-state index in [0.717, 1.165) is 66.4 Å². The Morgan fingerprint density at radius 2 is 1.94 bits per heavy atom. The minimum Gasteiger partial charge on any atom is -0.305 e. The average Bonchev–Trinajstić information content (AvgIpc) is 3.16. The molecular weight excluding hydrogens is 435 g/mol. The van der Waals surface area contributed by atoms with Gasteiger partial charge in [-0.2, -0.15) is 13.2 Å². The van der Waals surface area contributed by atoms with Crippen molar-refractivity contribution in [1.29, 1.82) is 0 Å². The van der Waals surface area contributed by atoms with E-state index in [1.165, 1.54) is 6.20 Å². The topological polar surface area (TPSA) is 46.8 Å². The molecule has 2 aromatic heterocycles. The maximum absolute atomic E-state index is 12.8. The number of hydrogen-bond donors (Lipinski definition) is 0. The Labute approximate surface area is 189 Å². The minimum atomic E-state index is -4.39. The smallest absolute Gasteiger partial charge is 0.305 e. The molecule has 3 aromatic rings. The number of piperidine rings is 1. The molecule has 0 radical (unpaired) electrons. The number of thioether (sulfide) groups is 1. The van der Waals surface area contributed by atoms with Crippen molar-refractivity contribution in [1.82, 2.24) is 24.6 Å². The van der Waals surface area contributed by atoms with Gasteiger partial charge in [0.15, 0.2) is 11.0 Å². The number of likely N-dealkylation sites (tertiary alicyclic amines) is 1. The van der Waals surface area contributed by atoms with Crippen LogP contribution in [0.3, 0.4) is 0 Å². The van der Waals surface area contributed by atoms with Gasteiger partial charge in [-0.3, -0.25) is 4.98 Å². The van der Waals surface area contributed by atoms with E-state index in [9.17, 15) is 13.2 Å². The Hall–Kier alpha value is -2.39. The number of halogens is 3. The Morgan fingerprint density at radius 1 is 1.12 bits per heavy atom. The highest BCUT2D eigenvalue weighted by Gasteiger charge is 2.60. The minimum absolute atomic E-state index is 0.00154. The lowest BCUT2D eigenvalue weighted by Crippen LogP contribution is -2.28. The zero-order valence-corrected chi connectivity index (χ0v) is 18.5. The third-order valence-electron chi connectivity index (χ3n) is 6.56. The van der Waals surface area contributed by atoms with Crippen LogP contribution in [0, 0.1) is 5.92 Å². The van der Waals surface area contributed by atoms with Crippen molar-refractivity contribution in [3.63, 3.8) is 0 Å². The van der Waals surface area contributed by atoms with E-state index < -0.39 is 11.9 Å². The summed E-state index contributed by atoms with van der Waals surface area (Å²) in [5, 5.41) is 9.56. The van der Waals surface area contributed by atoms with Gasteiger partial charge in [0.2, 0.25) is 0 Å². The number of benzene rings is 1. The molecule has 2 aliphatic rings. The molecule has 0 spiro atoms. The van der Waals surface area contributed by atoms with Gasteiger partial charge in [-0.1, -0.05) is 48.2 Å². The van der Waals surface area contributed by atoms with Crippen molar-refractivity contribution in [2.75, 3.05) is 25.4 Å². The van der Waals surface area contributed by atoms with Gasteiger partial charge in [0, 0.05) is 43.1 Å². The van der Waals surface area contributed by atoms with Gasteiger partial charge in [-0.05, 0) is 36.9 Å². The highest BCUT2D eigenvalue weighted by atomic mass is 32.2. The summed E-state index contributed by atoms with van der Waals surface area (Å²) >= 11 is 1.70. The molecule has 2 fully saturated rings. The van der Waals surface area contributed by atoms with Gasteiger partial charge >= 0.3 is 6.18 Å². The molecule has 2 unspecified atom stereocenters. The maximum atomic E-state index is 12.8. The zero-order valence-electron chi connectivity index (χ0n) is 17.7. The lowest BCUT2D eigenvalue weighted by molar-refractivity contribution is -0.141. The summed E-state index contributed by atoms with van der Waals surface area (Å²) in [6.45, 7) is 2.88. The molecule has 1 aliphatic carbocycles. The second-order valence-electron chi connectivity index (χ2n) is 8.66. The van der Waals surface area contributed by atoms with E-state index in [4.69, 9.17) is 0 Å². The molecule has 0 N–H and O–H groups in total. The van der Waals surface area contributed by atoms with Gasteiger partial charge in [-0.15, -0.1) is 10.2 Å². The van der Waals surface area contributed by atoms with Crippen molar-refractivity contribution in [2.45, 2.75) is 29.6 Å². The molecule has 1 aliphatic heterocycles. The van der Waals surface area contributed by atoms with Crippen LogP contribution in [0.2, 0.25) is 0 Å². The zero-order chi connectivity index (χ0) is 22.3. The molecule has 0 bridgehead atoms. The summed E-state index contributed by atoms with van der Waals surface area (Å²) in [6.07, 6.45) is -0.886. The first-order valence-corrected chi connectivity index (χ1v) is 11.7. The van der Waals surface area contributed by atoms with E-state index in [1.807, 2.05) is 41.9 Å². The van der Waals surface area contributed by atoms with Crippen LogP contribution in [0.5, 0.6) is 0 Å². The van der Waals surface area contributed by atoms with E-state index in [1.54, 1.807) is 17.8 Å². The molecule has 0 amide bonds. The number of fused-ring (bicyclic) bond motifs is 1. The number of rotatable bonds is 7. The number of aromatic nitrogens is 4. The normalized spacial score (nSPS) is 22.8. The van der Waals surface area contributed by atoms with Crippen LogP contribution in [-0.4, -0.2) is 50.0 Å². The predicted octanol–water partition coefficient (Wildman–Crippen LogP) is 4.65. The molecule has 2 atom stereocenters. The molecule has 9 heteroatoms. The Bertz CT molecular complexity index is 1080. The maximum Gasteiger partial charge on any atom is 0.433 e. The van der Waals surface area contributed by atoms with Gasteiger partial charge in [0.05, 0.1) is 0 Å². The Balaban J connectivity index is 1.12. The van der Waals surface area contributed by atoms with Crippen molar-refractivity contribution in [2.24, 2.45) is 13.0 Å². The highest BCUT2D eigenvalue weighted by Crippen LogP contribution is 2.58. The van der Waals surface area contributed by atoms with Crippen molar-refractivity contribution in [3.05, 3.63) is 59.9 Å². The van der Waals surface area contributed by atoms with Gasteiger partial charge in [-0.25, -0.2) is 0 Å². The summed E-state index contributed by atoms with van der Waals surface area (Å²) in [6, 6.07) is 12.8. The molecule has 1 saturated carbocycles. The van der Waals surface area contributed by atoms with Gasteiger partial charge in [0.25, 0.3) is 0 Å². The standard InChI is InChI=1S/C23H24F3N5S/c1-30-20(16-6-3-2-4-7-16)28-29-21(30)32-11-5-10-31-14-18-12-22(18,15-31)17-8-9-19(27-13-17)23(24,25)26/h2-4,6-9,13,18H,5,10-12,14-15H2,1H3. The largest absolute Gasteiger partial charge is 0.433 e. The van der Waals surface area contributed by atoms with E-state index in [2.05, 4.69) is 20.1 Å². The van der Waals surface area contributed by atoms with Crippen LogP contribution in [0.4, 0.5) is 13.2 Å². The van der Waals surface area contributed by atoms with Crippen molar-refractivity contribution in [3.8, 4) is 11.4 Å². The second kappa shape index (κ2) is 8.19. The fraction of sp³-hybridized carbons (Fsp3) is 0.435. The SMILES string of the molecule is Cn1c(SCCCN2CC3CC3(c3ccc(C(F)(F)F)nc3)C2)nnc1-c1ccccc1. The first-order valence-electron chi connectivity index (χ1n) is 10.7. The van der Waals surface area contributed by atoms with Crippen molar-refractivity contribution < 1.29 is 13.2 Å². The number of alkyl halides is 3. The summed E-state index contributed by atoms with van der Waals surface area (Å²) < 4.78 is 40.4. The average molecular weight is 460 g/mol. The summed E-state index contributed by atoms with van der Waals surface area (Å²) in [5.41, 5.74) is 1.17. The fourth-order valence-corrected chi connectivity index (χ4v) is 5.63. The number of hydrogen-bond acceptors (Lipinski definition) is 5.